The summed E-state index contributed by atoms with van der Waals surface area (Å²) in [5.74, 6) is 1.20. The number of nitrogens with one attached hydrogen (secondary N) is 2. The number of aromatic nitrogens is 4. The van der Waals surface area contributed by atoms with Crippen molar-refractivity contribution in [3.63, 3.8) is 0 Å². The Hall–Kier alpha value is -3.06. The highest BCUT2D eigenvalue weighted by Crippen LogP contribution is 2.20. The fourth-order valence-electron chi connectivity index (χ4n) is 4.17. The van der Waals surface area contributed by atoms with E-state index in [1.807, 2.05) is 0 Å². The summed E-state index contributed by atoms with van der Waals surface area (Å²) in [7, 11) is 0. The van der Waals surface area contributed by atoms with E-state index in [9.17, 15) is 8.78 Å². The molecule has 200 valence electrons. The van der Waals surface area contributed by atoms with Gasteiger partial charge in [-0.3, -0.25) is 0 Å². The Kier molecular flexibility index (Phi) is 9.18. The average Bonchev–Trinajstić information content (AvgIpc) is 3.63. The van der Waals surface area contributed by atoms with Gasteiger partial charge in [0, 0.05) is 88.3 Å². The third-order valence-corrected chi connectivity index (χ3v) is 7.87. The Morgan fingerprint density at radius 3 is 1.34 bits per heavy atom. The number of halogens is 2. The maximum atomic E-state index is 12.8. The van der Waals surface area contributed by atoms with Gasteiger partial charge < -0.3 is 20.4 Å². The highest BCUT2D eigenvalue weighted by Gasteiger charge is 2.16. The molecule has 4 aromatic rings. The Bertz CT molecular complexity index is 1170. The third kappa shape index (κ3) is 7.50. The van der Waals surface area contributed by atoms with E-state index >= 15 is 0 Å². The van der Waals surface area contributed by atoms with Crippen molar-refractivity contribution in [2.45, 2.75) is 12.8 Å². The zero-order chi connectivity index (χ0) is 26.2. The van der Waals surface area contributed by atoms with Gasteiger partial charge in [0.1, 0.15) is 23.3 Å². The second-order valence-electron chi connectivity index (χ2n) is 9.07. The van der Waals surface area contributed by atoms with Gasteiger partial charge in [0.15, 0.2) is 0 Å². The number of anilines is 2. The van der Waals surface area contributed by atoms with Crippen LogP contribution in [0.1, 0.15) is 22.8 Å². The first-order valence-electron chi connectivity index (χ1n) is 12.7. The van der Waals surface area contributed by atoms with Crippen LogP contribution in [-0.4, -0.2) is 71.1 Å². The fourth-order valence-corrected chi connectivity index (χ4v) is 5.65. The molecule has 38 heavy (non-hydrogen) atoms. The Balaban J connectivity index is 0.000000155. The summed E-state index contributed by atoms with van der Waals surface area (Å²) >= 11 is 2.88. The van der Waals surface area contributed by atoms with Crippen LogP contribution in [0.15, 0.2) is 48.5 Å². The normalized spacial score (nSPS) is 15.7. The summed E-state index contributed by atoms with van der Waals surface area (Å²) in [4.78, 5) is 13.6. The lowest BCUT2D eigenvalue weighted by molar-refractivity contribution is 0.588. The number of benzene rings is 2. The largest absolute Gasteiger partial charge is 0.344 e. The summed E-state index contributed by atoms with van der Waals surface area (Å²) in [5.41, 5.74) is 2.07. The second kappa shape index (κ2) is 13.1. The minimum atomic E-state index is -0.212. The van der Waals surface area contributed by atoms with E-state index in [2.05, 4.69) is 39.1 Å². The van der Waals surface area contributed by atoms with Crippen molar-refractivity contribution in [3.8, 4) is 0 Å². The highest BCUT2D eigenvalue weighted by molar-refractivity contribution is 7.10. The summed E-state index contributed by atoms with van der Waals surface area (Å²) in [5, 5.41) is 8.60. The van der Waals surface area contributed by atoms with E-state index in [-0.39, 0.29) is 11.6 Å². The molecule has 0 saturated carbocycles. The first-order valence-corrected chi connectivity index (χ1v) is 14.2. The number of piperazine rings is 2. The van der Waals surface area contributed by atoms with Crippen LogP contribution < -0.4 is 20.4 Å². The zero-order valence-corrected chi connectivity index (χ0v) is 22.6. The second-order valence-corrected chi connectivity index (χ2v) is 10.5. The van der Waals surface area contributed by atoms with Gasteiger partial charge in [-0.1, -0.05) is 24.3 Å². The zero-order valence-electron chi connectivity index (χ0n) is 20.9. The van der Waals surface area contributed by atoms with Crippen molar-refractivity contribution in [2.24, 2.45) is 0 Å². The van der Waals surface area contributed by atoms with Crippen LogP contribution in [0.5, 0.6) is 0 Å². The van der Waals surface area contributed by atoms with Crippen LogP contribution in [0.3, 0.4) is 0 Å². The van der Waals surface area contributed by atoms with Crippen LogP contribution in [0.25, 0.3) is 0 Å². The third-order valence-electron chi connectivity index (χ3n) is 6.24. The molecule has 0 unspecified atom stereocenters. The molecule has 2 aliphatic heterocycles. The maximum Gasteiger partial charge on any atom is 0.205 e. The predicted octanol–water partition coefficient (Wildman–Crippen LogP) is 3.36. The molecule has 0 spiro atoms. The molecule has 2 aromatic heterocycles. The first kappa shape index (κ1) is 26.5. The number of hydrogen-bond acceptors (Lipinski definition) is 10. The maximum absolute atomic E-state index is 12.8. The quantitative estimate of drug-likeness (QED) is 0.374. The van der Waals surface area contributed by atoms with Crippen LogP contribution in [0.2, 0.25) is 0 Å². The minimum absolute atomic E-state index is 0.212. The van der Waals surface area contributed by atoms with E-state index < -0.39 is 0 Å². The van der Waals surface area contributed by atoms with Gasteiger partial charge in [-0.15, -0.1) is 0 Å². The number of nitrogens with zero attached hydrogens (tertiary/aromatic N) is 6. The molecule has 0 bridgehead atoms. The monoisotopic (exact) mass is 556 g/mol. The Labute approximate surface area is 229 Å². The molecule has 2 N–H and O–H groups in total. The molecular formula is C26H30F2N8S2. The lowest BCUT2D eigenvalue weighted by Crippen LogP contribution is -2.43. The van der Waals surface area contributed by atoms with E-state index in [1.54, 1.807) is 24.3 Å². The van der Waals surface area contributed by atoms with Crippen molar-refractivity contribution in [1.29, 1.82) is 0 Å². The molecule has 2 aliphatic rings. The van der Waals surface area contributed by atoms with Crippen molar-refractivity contribution in [1.82, 2.24) is 29.3 Å². The van der Waals surface area contributed by atoms with E-state index in [0.29, 0.717) is 12.8 Å². The number of rotatable bonds is 6. The topological polar surface area (TPSA) is 82.1 Å². The van der Waals surface area contributed by atoms with Crippen LogP contribution >= 0.6 is 23.1 Å². The lowest BCUT2D eigenvalue weighted by Gasteiger charge is -2.26. The van der Waals surface area contributed by atoms with Gasteiger partial charge in [0.2, 0.25) is 10.3 Å². The molecule has 6 rings (SSSR count). The molecule has 12 heteroatoms. The summed E-state index contributed by atoms with van der Waals surface area (Å²) < 4.78 is 34.4. The van der Waals surface area contributed by atoms with Crippen molar-refractivity contribution in [3.05, 3.63) is 82.9 Å². The van der Waals surface area contributed by atoms with Gasteiger partial charge in [-0.2, -0.15) is 8.75 Å². The fraction of sp³-hybridized carbons (Fsp3) is 0.385. The highest BCUT2D eigenvalue weighted by atomic mass is 32.1. The molecular weight excluding hydrogens is 526 g/mol. The molecule has 0 amide bonds. The van der Waals surface area contributed by atoms with E-state index in [0.717, 1.165) is 85.4 Å². The van der Waals surface area contributed by atoms with Crippen LogP contribution in [-0.2, 0) is 12.8 Å². The molecule has 2 fully saturated rings. The summed E-state index contributed by atoms with van der Waals surface area (Å²) in [6.45, 7) is 7.88. The van der Waals surface area contributed by atoms with Gasteiger partial charge >= 0.3 is 0 Å². The van der Waals surface area contributed by atoms with Gasteiger partial charge in [0.05, 0.1) is 0 Å². The van der Waals surface area contributed by atoms with Crippen molar-refractivity contribution in [2.75, 3.05) is 62.2 Å². The van der Waals surface area contributed by atoms with E-state index in [4.69, 9.17) is 0 Å². The Morgan fingerprint density at radius 1 is 0.605 bits per heavy atom. The predicted molar refractivity (Wildman–Crippen MR) is 148 cm³/mol. The summed E-state index contributed by atoms with van der Waals surface area (Å²) in [6.07, 6.45) is 1.31. The standard InChI is InChI=1S/2C13H15FN4S/c2*14-11-3-1-10(2-4-11)9-12-16-13(19-17-12)18-7-5-15-6-8-18/h2*1-4,15H,5-9H2. The molecule has 0 aliphatic carbocycles. The molecule has 2 aromatic carbocycles. The van der Waals surface area contributed by atoms with Gasteiger partial charge in [0.25, 0.3) is 0 Å². The molecule has 0 radical (unpaired) electrons. The Morgan fingerprint density at radius 2 is 0.974 bits per heavy atom. The van der Waals surface area contributed by atoms with Crippen LogP contribution in [0.4, 0.5) is 19.0 Å². The van der Waals surface area contributed by atoms with Crippen molar-refractivity contribution >= 4 is 33.3 Å². The molecule has 8 nitrogen and oxygen atoms in total. The van der Waals surface area contributed by atoms with E-state index in [1.165, 1.54) is 47.3 Å². The SMILES string of the molecule is Fc1ccc(Cc2nsc(N3CCNCC3)n2)cc1.Fc1ccc(Cc2nsc(N3CCNCC3)n2)cc1. The first-order chi connectivity index (χ1) is 18.6. The number of hydrogen-bond donors (Lipinski definition) is 2. The molecule has 2 saturated heterocycles. The van der Waals surface area contributed by atoms with Gasteiger partial charge in [-0.25, -0.2) is 18.7 Å². The minimum Gasteiger partial charge on any atom is -0.344 e. The van der Waals surface area contributed by atoms with Gasteiger partial charge in [-0.05, 0) is 35.4 Å². The summed E-state index contributed by atoms with van der Waals surface area (Å²) in [6, 6.07) is 13.0. The average molecular weight is 557 g/mol. The lowest BCUT2D eigenvalue weighted by atomic mass is 10.1. The molecule has 4 heterocycles. The smallest absolute Gasteiger partial charge is 0.205 e. The molecule has 0 atom stereocenters. The van der Waals surface area contributed by atoms with Crippen molar-refractivity contribution < 1.29 is 8.78 Å². The van der Waals surface area contributed by atoms with Crippen LogP contribution in [0, 0.1) is 11.6 Å².